The Morgan fingerprint density at radius 1 is 1.29 bits per heavy atom. The van der Waals surface area contributed by atoms with Crippen LogP contribution in [0.25, 0.3) is 10.2 Å². The van der Waals surface area contributed by atoms with Crippen molar-refractivity contribution < 1.29 is 14.3 Å². The monoisotopic (exact) mass is 417 g/mol. The molecule has 2 aromatic heterocycles. The van der Waals surface area contributed by atoms with E-state index in [2.05, 4.69) is 10.3 Å². The van der Waals surface area contributed by atoms with E-state index < -0.39 is 0 Å². The van der Waals surface area contributed by atoms with Crippen molar-refractivity contribution in [3.63, 3.8) is 0 Å². The van der Waals surface area contributed by atoms with Gasteiger partial charge in [0, 0.05) is 23.7 Å². The van der Waals surface area contributed by atoms with Crippen LogP contribution in [0, 0.1) is 13.8 Å². The third kappa shape index (κ3) is 3.47. The number of fused-ring (bicyclic) bond motifs is 2. The molecule has 146 valence electrons. The summed E-state index contributed by atoms with van der Waals surface area (Å²) in [6, 6.07) is 5.29. The number of rotatable bonds is 4. The zero-order valence-corrected chi connectivity index (χ0v) is 17.3. The van der Waals surface area contributed by atoms with E-state index in [1.54, 1.807) is 25.2 Å². The molecule has 0 radical (unpaired) electrons. The summed E-state index contributed by atoms with van der Waals surface area (Å²) in [5, 5.41) is 4.03. The molecule has 0 aliphatic carbocycles. The van der Waals surface area contributed by atoms with E-state index in [0.29, 0.717) is 45.8 Å². The van der Waals surface area contributed by atoms with Crippen LogP contribution in [-0.4, -0.2) is 34.4 Å². The van der Waals surface area contributed by atoms with Crippen molar-refractivity contribution in [3.8, 4) is 11.5 Å². The number of nitrogens with one attached hydrogen (secondary N) is 1. The van der Waals surface area contributed by atoms with E-state index in [-0.39, 0.29) is 17.2 Å². The summed E-state index contributed by atoms with van der Waals surface area (Å²) in [6.07, 6.45) is 0. The Hall–Kier alpha value is -2.52. The van der Waals surface area contributed by atoms with Gasteiger partial charge in [0.1, 0.15) is 18.0 Å². The Labute approximate surface area is 169 Å². The fourth-order valence-electron chi connectivity index (χ4n) is 2.93. The summed E-state index contributed by atoms with van der Waals surface area (Å²) in [5.41, 5.74) is 1.53. The van der Waals surface area contributed by atoms with Gasteiger partial charge < -0.3 is 14.8 Å². The van der Waals surface area contributed by atoms with E-state index in [1.165, 1.54) is 27.7 Å². The normalized spacial score (nSPS) is 13.0. The lowest BCUT2D eigenvalue weighted by Gasteiger charge is -2.19. The van der Waals surface area contributed by atoms with Crippen LogP contribution in [0.3, 0.4) is 0 Å². The van der Waals surface area contributed by atoms with Crippen LogP contribution in [0.1, 0.15) is 10.4 Å². The topological polar surface area (TPSA) is 82.4 Å². The summed E-state index contributed by atoms with van der Waals surface area (Å²) in [5.74, 6) is 1.25. The number of carbonyl (C=O) groups excluding carboxylic acids is 1. The van der Waals surface area contributed by atoms with Gasteiger partial charge in [-0.2, -0.15) is 0 Å². The Kier molecular flexibility index (Phi) is 5.03. The molecule has 0 bridgehead atoms. The van der Waals surface area contributed by atoms with Gasteiger partial charge in [-0.25, -0.2) is 4.98 Å². The van der Waals surface area contributed by atoms with E-state index in [0.717, 1.165) is 10.4 Å². The van der Waals surface area contributed by atoms with Crippen LogP contribution in [0.2, 0.25) is 0 Å². The molecule has 0 unspecified atom stereocenters. The van der Waals surface area contributed by atoms with Gasteiger partial charge in [0.25, 0.3) is 5.56 Å². The molecule has 0 atom stereocenters. The number of thioether (sulfide) groups is 1. The molecule has 7 nitrogen and oxygen atoms in total. The number of amides is 1. The van der Waals surface area contributed by atoms with Gasteiger partial charge in [0.05, 0.1) is 11.1 Å². The molecular formula is C19H19N3O4S2. The van der Waals surface area contributed by atoms with Crippen LogP contribution in [0.15, 0.2) is 28.2 Å². The third-order valence-electron chi connectivity index (χ3n) is 4.53. The van der Waals surface area contributed by atoms with Gasteiger partial charge in [0.2, 0.25) is 5.91 Å². The molecule has 1 aliphatic rings. The predicted molar refractivity (Wildman–Crippen MR) is 111 cm³/mol. The smallest absolute Gasteiger partial charge is 0.262 e. The number of carbonyl (C=O) groups is 1. The van der Waals surface area contributed by atoms with E-state index in [9.17, 15) is 9.59 Å². The highest BCUT2D eigenvalue weighted by molar-refractivity contribution is 7.99. The first-order valence-corrected chi connectivity index (χ1v) is 10.5. The molecule has 0 saturated heterocycles. The van der Waals surface area contributed by atoms with Crippen LogP contribution >= 0.6 is 23.1 Å². The lowest BCUT2D eigenvalue weighted by molar-refractivity contribution is -0.113. The second-order valence-electron chi connectivity index (χ2n) is 6.42. The average Bonchev–Trinajstić information content (AvgIpc) is 2.97. The maximum absolute atomic E-state index is 12.6. The standard InChI is InChI=1S/C19H19N3O4S2/c1-10-11(2)28-17-16(10)18(24)22(3)19(21-17)27-9-15(23)20-12-4-5-13-14(8-12)26-7-6-25-13/h4-5,8H,6-7,9H2,1-3H3,(H,20,23). The van der Waals surface area contributed by atoms with Crippen molar-refractivity contribution in [2.24, 2.45) is 7.05 Å². The van der Waals surface area contributed by atoms with Crippen molar-refractivity contribution in [1.82, 2.24) is 9.55 Å². The predicted octanol–water partition coefficient (Wildman–Crippen LogP) is 3.11. The van der Waals surface area contributed by atoms with Crippen molar-refractivity contribution in [2.45, 2.75) is 19.0 Å². The van der Waals surface area contributed by atoms with Gasteiger partial charge in [-0.05, 0) is 31.5 Å². The van der Waals surface area contributed by atoms with Crippen molar-refractivity contribution in [3.05, 3.63) is 39.0 Å². The number of ether oxygens (including phenoxy) is 2. The molecule has 1 N–H and O–H groups in total. The van der Waals surface area contributed by atoms with Gasteiger partial charge >= 0.3 is 0 Å². The summed E-state index contributed by atoms with van der Waals surface area (Å²) in [4.78, 5) is 31.4. The molecule has 0 fully saturated rings. The van der Waals surface area contributed by atoms with Crippen molar-refractivity contribution in [1.29, 1.82) is 0 Å². The summed E-state index contributed by atoms with van der Waals surface area (Å²) >= 11 is 2.74. The Bertz CT molecular complexity index is 1140. The summed E-state index contributed by atoms with van der Waals surface area (Å²) < 4.78 is 12.5. The number of hydrogen-bond acceptors (Lipinski definition) is 7. The maximum atomic E-state index is 12.6. The van der Waals surface area contributed by atoms with Gasteiger partial charge in [0.15, 0.2) is 16.7 Å². The molecule has 3 heterocycles. The van der Waals surface area contributed by atoms with Gasteiger partial charge in [-0.1, -0.05) is 11.8 Å². The molecule has 4 rings (SSSR count). The first-order chi connectivity index (χ1) is 13.4. The lowest BCUT2D eigenvalue weighted by atomic mass is 10.2. The molecular weight excluding hydrogens is 398 g/mol. The van der Waals surface area contributed by atoms with Crippen LogP contribution in [0.4, 0.5) is 5.69 Å². The van der Waals surface area contributed by atoms with Crippen molar-refractivity contribution >= 4 is 44.9 Å². The van der Waals surface area contributed by atoms with Crippen molar-refractivity contribution in [2.75, 3.05) is 24.3 Å². The molecule has 0 spiro atoms. The number of nitrogens with zero attached hydrogens (tertiary/aromatic N) is 2. The van der Waals surface area contributed by atoms with Crippen LogP contribution in [-0.2, 0) is 11.8 Å². The molecule has 1 aromatic carbocycles. The number of benzene rings is 1. The summed E-state index contributed by atoms with van der Waals surface area (Å²) in [6.45, 7) is 4.93. The molecule has 1 amide bonds. The fourth-order valence-corrected chi connectivity index (χ4v) is 4.78. The molecule has 28 heavy (non-hydrogen) atoms. The highest BCUT2D eigenvalue weighted by Gasteiger charge is 2.16. The number of anilines is 1. The number of aromatic nitrogens is 2. The highest BCUT2D eigenvalue weighted by Crippen LogP contribution is 2.33. The Morgan fingerprint density at radius 3 is 2.82 bits per heavy atom. The Balaban J connectivity index is 1.48. The van der Waals surface area contributed by atoms with E-state index >= 15 is 0 Å². The third-order valence-corrected chi connectivity index (χ3v) is 6.66. The second-order valence-corrected chi connectivity index (χ2v) is 8.56. The van der Waals surface area contributed by atoms with Gasteiger partial charge in [-0.3, -0.25) is 14.2 Å². The zero-order valence-electron chi connectivity index (χ0n) is 15.7. The molecule has 3 aromatic rings. The SMILES string of the molecule is Cc1sc2nc(SCC(=O)Nc3ccc4c(c3)OCCO4)n(C)c(=O)c2c1C. The summed E-state index contributed by atoms with van der Waals surface area (Å²) in [7, 11) is 1.68. The zero-order chi connectivity index (χ0) is 19.8. The maximum Gasteiger partial charge on any atom is 0.262 e. The molecule has 1 aliphatic heterocycles. The fraction of sp³-hybridized carbons (Fsp3) is 0.316. The quantitative estimate of drug-likeness (QED) is 0.519. The molecule has 0 saturated carbocycles. The average molecular weight is 418 g/mol. The molecule has 9 heteroatoms. The van der Waals surface area contributed by atoms with Crippen LogP contribution < -0.4 is 20.3 Å². The number of thiophene rings is 1. The van der Waals surface area contributed by atoms with E-state index in [4.69, 9.17) is 9.47 Å². The minimum absolute atomic E-state index is 0.0819. The minimum atomic E-state index is -0.186. The Morgan fingerprint density at radius 2 is 2.04 bits per heavy atom. The van der Waals surface area contributed by atoms with Gasteiger partial charge in [-0.15, -0.1) is 11.3 Å². The van der Waals surface area contributed by atoms with Crippen LogP contribution in [0.5, 0.6) is 11.5 Å². The largest absolute Gasteiger partial charge is 0.486 e. The first kappa shape index (κ1) is 18.8. The highest BCUT2D eigenvalue weighted by atomic mass is 32.2. The first-order valence-electron chi connectivity index (χ1n) is 8.73. The van der Waals surface area contributed by atoms with E-state index in [1.807, 2.05) is 13.8 Å². The second kappa shape index (κ2) is 7.48. The number of aryl methyl sites for hydroxylation is 2. The minimum Gasteiger partial charge on any atom is -0.486 e. The number of hydrogen-bond donors (Lipinski definition) is 1. The lowest BCUT2D eigenvalue weighted by Crippen LogP contribution is -2.21.